The Morgan fingerprint density at radius 2 is 2.17 bits per heavy atom. The first-order valence-electron chi connectivity index (χ1n) is 6.03. The fraction of sp³-hybridized carbons (Fsp3) is 0.417. The zero-order valence-electron chi connectivity index (χ0n) is 10.5. The van der Waals surface area contributed by atoms with E-state index in [0.29, 0.717) is 17.6 Å². The van der Waals surface area contributed by atoms with Crippen LogP contribution in [0.4, 0.5) is 5.82 Å². The van der Waals surface area contributed by atoms with Gasteiger partial charge >= 0.3 is 0 Å². The maximum absolute atomic E-state index is 5.47. The molecule has 6 nitrogen and oxygen atoms in total. The minimum absolute atomic E-state index is 0.566. The van der Waals surface area contributed by atoms with Gasteiger partial charge in [0.1, 0.15) is 5.82 Å². The molecule has 1 aliphatic rings. The molecule has 2 aromatic heterocycles. The van der Waals surface area contributed by atoms with E-state index in [4.69, 9.17) is 5.84 Å². The molecule has 1 fully saturated rings. The summed E-state index contributed by atoms with van der Waals surface area (Å²) < 4.78 is 1.82. The van der Waals surface area contributed by atoms with Gasteiger partial charge in [0.05, 0.1) is 11.8 Å². The minimum Gasteiger partial charge on any atom is -0.308 e. The first kappa shape index (κ1) is 11.2. The molecule has 1 aliphatic carbocycles. The highest BCUT2D eigenvalue weighted by Gasteiger charge is 2.26. The lowest BCUT2D eigenvalue weighted by Gasteiger charge is -2.06. The van der Waals surface area contributed by atoms with Crippen LogP contribution < -0.4 is 11.3 Å². The first-order valence-corrected chi connectivity index (χ1v) is 6.03. The summed E-state index contributed by atoms with van der Waals surface area (Å²) in [6.07, 6.45) is 4.20. The molecule has 3 N–H and O–H groups in total. The molecule has 0 saturated heterocycles. The summed E-state index contributed by atoms with van der Waals surface area (Å²) >= 11 is 0. The van der Waals surface area contributed by atoms with Crippen molar-refractivity contribution in [2.75, 3.05) is 5.43 Å². The lowest BCUT2D eigenvalue weighted by molar-refractivity contribution is 0.740. The number of nitrogen functional groups attached to an aromatic ring is 1. The number of aryl methyl sites for hydroxylation is 1. The molecule has 0 aliphatic heterocycles. The molecule has 2 aromatic rings. The molecule has 0 spiro atoms. The summed E-state index contributed by atoms with van der Waals surface area (Å²) in [6, 6.07) is 1.92. The van der Waals surface area contributed by atoms with Crippen molar-refractivity contribution >= 4 is 5.82 Å². The minimum atomic E-state index is 0.566. The number of nitrogens with two attached hydrogens (primary N) is 1. The second kappa shape index (κ2) is 4.06. The van der Waals surface area contributed by atoms with Crippen LogP contribution in [0.5, 0.6) is 0 Å². The fourth-order valence-electron chi connectivity index (χ4n) is 1.97. The van der Waals surface area contributed by atoms with E-state index in [1.807, 2.05) is 24.7 Å². The summed E-state index contributed by atoms with van der Waals surface area (Å²) in [5, 5.41) is 4.22. The predicted octanol–water partition coefficient (Wildman–Crippen LogP) is 1.35. The summed E-state index contributed by atoms with van der Waals surface area (Å²) in [4.78, 5) is 9.03. The highest BCUT2D eigenvalue weighted by atomic mass is 15.3. The first-order chi connectivity index (χ1) is 8.69. The number of rotatable bonds is 3. The molecule has 1 saturated carbocycles. The van der Waals surface area contributed by atoms with Gasteiger partial charge in [-0.1, -0.05) is 0 Å². The second-order valence-corrected chi connectivity index (χ2v) is 4.69. The van der Waals surface area contributed by atoms with Gasteiger partial charge in [-0.2, -0.15) is 5.10 Å². The van der Waals surface area contributed by atoms with Gasteiger partial charge in [-0.25, -0.2) is 15.8 Å². The number of nitrogens with one attached hydrogen (secondary N) is 1. The summed E-state index contributed by atoms with van der Waals surface area (Å²) in [5.41, 5.74) is 5.68. The maximum atomic E-state index is 5.47. The number of hydrogen-bond acceptors (Lipinski definition) is 5. The van der Waals surface area contributed by atoms with Crippen molar-refractivity contribution in [1.29, 1.82) is 0 Å². The average molecular weight is 244 g/mol. The van der Waals surface area contributed by atoms with E-state index >= 15 is 0 Å². The van der Waals surface area contributed by atoms with E-state index in [1.165, 1.54) is 12.8 Å². The molecule has 0 radical (unpaired) electrons. The Morgan fingerprint density at radius 1 is 1.39 bits per heavy atom. The molecule has 0 amide bonds. The number of aromatic nitrogens is 4. The van der Waals surface area contributed by atoms with Gasteiger partial charge < -0.3 is 5.43 Å². The quantitative estimate of drug-likeness (QED) is 0.629. The third-order valence-electron chi connectivity index (χ3n) is 3.37. The summed E-state index contributed by atoms with van der Waals surface area (Å²) in [7, 11) is 1.91. The summed E-state index contributed by atoms with van der Waals surface area (Å²) in [5.74, 6) is 7.38. The largest absolute Gasteiger partial charge is 0.308 e. The van der Waals surface area contributed by atoms with Crippen LogP contribution in [0.1, 0.15) is 30.1 Å². The molecule has 0 bridgehead atoms. The molecule has 0 unspecified atom stereocenters. The van der Waals surface area contributed by atoms with Crippen LogP contribution in [0.2, 0.25) is 0 Å². The monoisotopic (exact) mass is 244 g/mol. The van der Waals surface area contributed by atoms with Gasteiger partial charge in [0.25, 0.3) is 0 Å². The van der Waals surface area contributed by atoms with E-state index in [0.717, 1.165) is 17.0 Å². The van der Waals surface area contributed by atoms with Crippen LogP contribution in [-0.4, -0.2) is 19.7 Å². The van der Waals surface area contributed by atoms with Crippen LogP contribution in [-0.2, 0) is 7.05 Å². The third-order valence-corrected chi connectivity index (χ3v) is 3.37. The lowest BCUT2D eigenvalue weighted by atomic mass is 10.2. The molecular weight excluding hydrogens is 228 g/mol. The Morgan fingerprint density at radius 3 is 2.72 bits per heavy atom. The summed E-state index contributed by atoms with van der Waals surface area (Å²) in [6.45, 7) is 2.00. The number of anilines is 1. The van der Waals surface area contributed by atoms with Crippen molar-refractivity contribution < 1.29 is 0 Å². The average Bonchev–Trinajstić information content (AvgIpc) is 3.17. The van der Waals surface area contributed by atoms with Crippen LogP contribution in [0.25, 0.3) is 11.4 Å². The molecular formula is C12H16N6. The van der Waals surface area contributed by atoms with Crippen LogP contribution >= 0.6 is 0 Å². The van der Waals surface area contributed by atoms with Gasteiger partial charge in [0.15, 0.2) is 5.82 Å². The smallest absolute Gasteiger partial charge is 0.165 e. The number of nitrogens with zero attached hydrogens (tertiary/aromatic N) is 4. The van der Waals surface area contributed by atoms with Crippen LogP contribution in [0.3, 0.4) is 0 Å². The zero-order chi connectivity index (χ0) is 12.7. The van der Waals surface area contributed by atoms with Gasteiger partial charge in [-0.15, -0.1) is 0 Å². The Kier molecular flexibility index (Phi) is 2.52. The Bertz CT molecular complexity index is 584. The van der Waals surface area contributed by atoms with Gasteiger partial charge in [0.2, 0.25) is 0 Å². The highest BCUT2D eigenvalue weighted by molar-refractivity contribution is 5.59. The van der Waals surface area contributed by atoms with E-state index < -0.39 is 0 Å². The number of hydrogen-bond donors (Lipinski definition) is 2. The van der Waals surface area contributed by atoms with Crippen molar-refractivity contribution in [2.24, 2.45) is 12.9 Å². The van der Waals surface area contributed by atoms with Gasteiger partial charge in [-0.05, 0) is 19.8 Å². The van der Waals surface area contributed by atoms with Crippen molar-refractivity contribution in [1.82, 2.24) is 19.7 Å². The van der Waals surface area contributed by atoms with Crippen molar-refractivity contribution in [3.63, 3.8) is 0 Å². The van der Waals surface area contributed by atoms with Gasteiger partial charge in [-0.3, -0.25) is 4.68 Å². The SMILES string of the molecule is Cc1c(-c2nc(NN)cc(C3CC3)n2)cnn1C. The number of hydrazine groups is 1. The lowest BCUT2D eigenvalue weighted by Crippen LogP contribution is -2.10. The van der Waals surface area contributed by atoms with Crippen molar-refractivity contribution in [2.45, 2.75) is 25.7 Å². The van der Waals surface area contributed by atoms with Crippen molar-refractivity contribution in [3.8, 4) is 11.4 Å². The van der Waals surface area contributed by atoms with E-state index in [9.17, 15) is 0 Å². The fourth-order valence-corrected chi connectivity index (χ4v) is 1.97. The molecule has 18 heavy (non-hydrogen) atoms. The third kappa shape index (κ3) is 1.84. The standard InChI is InChI=1S/C12H16N6/c1-7-9(6-14-18(7)2)12-15-10(8-3-4-8)5-11(16-12)17-13/h5-6,8H,3-4,13H2,1-2H3,(H,15,16,17). The molecule has 2 heterocycles. The van der Waals surface area contributed by atoms with Gasteiger partial charge in [0, 0.05) is 30.4 Å². The van der Waals surface area contributed by atoms with Crippen LogP contribution in [0.15, 0.2) is 12.3 Å². The molecule has 3 rings (SSSR count). The maximum Gasteiger partial charge on any atom is 0.165 e. The topological polar surface area (TPSA) is 81.7 Å². The van der Waals surface area contributed by atoms with E-state index in [1.54, 1.807) is 6.20 Å². The zero-order valence-corrected chi connectivity index (χ0v) is 10.5. The predicted molar refractivity (Wildman–Crippen MR) is 68.8 cm³/mol. The van der Waals surface area contributed by atoms with E-state index in [2.05, 4.69) is 20.5 Å². The van der Waals surface area contributed by atoms with E-state index in [-0.39, 0.29) is 0 Å². The molecule has 94 valence electrons. The Balaban J connectivity index is 2.10. The second-order valence-electron chi connectivity index (χ2n) is 4.69. The van der Waals surface area contributed by atoms with Crippen molar-refractivity contribution in [3.05, 3.63) is 23.7 Å². The molecule has 0 aromatic carbocycles. The van der Waals surface area contributed by atoms with Crippen LogP contribution in [0, 0.1) is 6.92 Å². The molecule has 0 atom stereocenters. The normalized spacial score (nSPS) is 14.8. The Labute approximate surface area is 105 Å². The Hall–Kier alpha value is -1.95. The molecule has 6 heteroatoms. The highest BCUT2D eigenvalue weighted by Crippen LogP contribution is 2.40.